The van der Waals surface area contributed by atoms with Gasteiger partial charge in [-0.2, -0.15) is 0 Å². The van der Waals surface area contributed by atoms with Crippen LogP contribution in [0.5, 0.6) is 0 Å². The number of carbonyl (C=O) groups excluding carboxylic acids is 2. The maximum absolute atomic E-state index is 14.1. The minimum Gasteiger partial charge on any atom is -0.460 e. The zero-order chi connectivity index (χ0) is 28.8. The first-order chi connectivity index (χ1) is 19.2. The molecule has 0 aliphatic heterocycles. The van der Waals surface area contributed by atoms with Crippen LogP contribution in [0.4, 0.5) is 0 Å². The summed E-state index contributed by atoms with van der Waals surface area (Å²) >= 11 is 0. The van der Waals surface area contributed by atoms with Crippen molar-refractivity contribution in [1.29, 1.82) is 0 Å². The Morgan fingerprint density at radius 1 is 1.00 bits per heavy atom. The van der Waals surface area contributed by atoms with E-state index in [1.807, 2.05) is 6.07 Å². The Morgan fingerprint density at radius 2 is 1.70 bits per heavy atom. The smallest absolute Gasteiger partial charge is 0.336 e. The second kappa shape index (κ2) is 12.8. The number of benzene rings is 3. The van der Waals surface area contributed by atoms with E-state index in [9.17, 15) is 9.59 Å². The summed E-state index contributed by atoms with van der Waals surface area (Å²) in [5.74, 6) is -0.196. The van der Waals surface area contributed by atoms with Crippen LogP contribution in [0.15, 0.2) is 85.5 Å². The van der Waals surface area contributed by atoms with Gasteiger partial charge in [0.15, 0.2) is 5.54 Å². The Bertz CT molecular complexity index is 1320. The lowest BCUT2D eigenvalue weighted by atomic mass is 9.64. The van der Waals surface area contributed by atoms with E-state index in [1.54, 1.807) is 30.3 Å². The Balaban J connectivity index is 1.62. The molecule has 1 fully saturated rings. The fourth-order valence-electron chi connectivity index (χ4n) is 6.20. The average Bonchev–Trinajstić information content (AvgIpc) is 2.96. The van der Waals surface area contributed by atoms with E-state index < -0.39 is 11.5 Å². The second-order valence-electron chi connectivity index (χ2n) is 12.0. The Morgan fingerprint density at radius 3 is 2.40 bits per heavy atom. The minimum atomic E-state index is -1.33. The molecule has 1 saturated carbocycles. The summed E-state index contributed by atoms with van der Waals surface area (Å²) in [6.07, 6.45) is 5.89. The maximum atomic E-state index is 14.1. The molecule has 4 rings (SSSR count). The molecule has 0 heterocycles. The van der Waals surface area contributed by atoms with Crippen molar-refractivity contribution >= 4 is 22.6 Å². The molecule has 3 aromatic carbocycles. The van der Waals surface area contributed by atoms with Crippen LogP contribution in [0.1, 0.15) is 75.2 Å². The molecule has 1 aliphatic carbocycles. The summed E-state index contributed by atoms with van der Waals surface area (Å²) in [7, 11) is 0. The summed E-state index contributed by atoms with van der Waals surface area (Å²) < 4.78 is 6.44. The third-order valence-corrected chi connectivity index (χ3v) is 8.84. The van der Waals surface area contributed by atoms with Crippen molar-refractivity contribution in [2.45, 2.75) is 76.4 Å². The van der Waals surface area contributed by atoms with E-state index in [-0.39, 0.29) is 23.3 Å². The van der Waals surface area contributed by atoms with Crippen molar-refractivity contribution < 1.29 is 14.3 Å². The van der Waals surface area contributed by atoms with Gasteiger partial charge >= 0.3 is 5.97 Å². The fraction of sp³-hybridized carbons (Fsp3) is 0.429. The second-order valence-corrected chi connectivity index (χ2v) is 12.0. The molecule has 4 atom stereocenters. The number of fused-ring (bicyclic) bond motifs is 1. The van der Waals surface area contributed by atoms with Gasteiger partial charge in [-0.3, -0.25) is 4.79 Å². The van der Waals surface area contributed by atoms with Crippen molar-refractivity contribution in [2.24, 2.45) is 17.6 Å². The number of amides is 1. The van der Waals surface area contributed by atoms with Gasteiger partial charge in [-0.1, -0.05) is 93.9 Å². The summed E-state index contributed by atoms with van der Waals surface area (Å²) in [4.78, 5) is 27.3. The minimum absolute atomic E-state index is 0.130. The number of nitrogens with two attached hydrogens (primary N) is 1. The zero-order valence-electron chi connectivity index (χ0n) is 24.2. The highest BCUT2D eigenvalue weighted by molar-refractivity contribution is 5.99. The number of ether oxygens (including phenoxy) is 1. The topological polar surface area (TPSA) is 81.4 Å². The molecule has 5 heteroatoms. The van der Waals surface area contributed by atoms with E-state index >= 15 is 0 Å². The summed E-state index contributed by atoms with van der Waals surface area (Å²) in [6, 6.07) is 24.0. The van der Waals surface area contributed by atoms with Gasteiger partial charge in [0.05, 0.1) is 0 Å². The average molecular weight is 541 g/mol. The summed E-state index contributed by atoms with van der Waals surface area (Å²) in [5.41, 5.74) is 5.93. The van der Waals surface area contributed by atoms with Gasteiger partial charge in [-0.05, 0) is 78.5 Å². The highest BCUT2D eigenvalue weighted by Crippen LogP contribution is 2.44. The van der Waals surface area contributed by atoms with Crippen LogP contribution in [0.3, 0.4) is 0 Å². The lowest BCUT2D eigenvalue weighted by molar-refractivity contribution is -0.162. The van der Waals surface area contributed by atoms with E-state index in [0.29, 0.717) is 30.9 Å². The molecule has 0 bridgehead atoms. The van der Waals surface area contributed by atoms with Crippen LogP contribution >= 0.6 is 0 Å². The predicted molar refractivity (Wildman–Crippen MR) is 163 cm³/mol. The van der Waals surface area contributed by atoms with Gasteiger partial charge in [0.25, 0.3) is 5.91 Å². The summed E-state index contributed by atoms with van der Waals surface area (Å²) in [5, 5.41) is 5.41. The molecule has 0 spiro atoms. The van der Waals surface area contributed by atoms with Crippen LogP contribution < -0.4 is 11.1 Å². The third kappa shape index (κ3) is 6.47. The van der Waals surface area contributed by atoms with Gasteiger partial charge in [-0.15, -0.1) is 6.58 Å². The van der Waals surface area contributed by atoms with Gasteiger partial charge < -0.3 is 15.8 Å². The number of carbonyl (C=O) groups is 2. The number of hydrogen-bond donors (Lipinski definition) is 2. The van der Waals surface area contributed by atoms with Crippen LogP contribution in [-0.2, 0) is 14.9 Å². The fourth-order valence-corrected chi connectivity index (χ4v) is 6.20. The van der Waals surface area contributed by atoms with E-state index in [2.05, 4.69) is 75.1 Å². The standard InChI is InChI=1S/C35H44N2O3/c1-5-35(21-11-12-22-36,37-32(38)27-14-7-6-8-15-27)33(39)40-31-23-25(2)17-20-30(31)34(3,4)29-19-18-26-13-9-10-16-28(26)24-29/h5-10,13-16,18-19,24-25,30-31H,1,11-12,17,20-23,36H2,2-4H3,(H,37,38)/t25-,30-,31-,35+/m1/s1. The molecule has 0 aromatic heterocycles. The highest BCUT2D eigenvalue weighted by atomic mass is 16.5. The summed E-state index contributed by atoms with van der Waals surface area (Å²) in [6.45, 7) is 11.2. The van der Waals surface area contributed by atoms with Gasteiger partial charge in [-0.25, -0.2) is 4.79 Å². The van der Waals surface area contributed by atoms with E-state index in [4.69, 9.17) is 10.5 Å². The predicted octanol–water partition coefficient (Wildman–Crippen LogP) is 6.95. The molecule has 0 radical (unpaired) electrons. The SMILES string of the molecule is C=C[C@@](CCCCN)(NC(=O)c1ccccc1)C(=O)O[C@@H]1C[C@H](C)CC[C@H]1C(C)(C)c1ccc2ccccc2c1. The number of nitrogens with one attached hydrogen (secondary N) is 1. The lowest BCUT2D eigenvalue weighted by Gasteiger charge is -2.45. The van der Waals surface area contributed by atoms with Gasteiger partial charge in [0, 0.05) is 11.5 Å². The molecule has 212 valence electrons. The molecule has 40 heavy (non-hydrogen) atoms. The number of rotatable bonds is 11. The van der Waals surface area contributed by atoms with Crippen molar-refractivity contribution in [3.05, 3.63) is 96.6 Å². The molecular weight excluding hydrogens is 496 g/mol. The molecule has 3 aromatic rings. The molecule has 1 aliphatic rings. The Kier molecular flexibility index (Phi) is 9.47. The quantitative estimate of drug-likeness (QED) is 0.157. The number of unbranched alkanes of at least 4 members (excludes halogenated alkanes) is 1. The molecule has 0 saturated heterocycles. The van der Waals surface area contributed by atoms with Crippen LogP contribution in [0.2, 0.25) is 0 Å². The maximum Gasteiger partial charge on any atom is 0.336 e. The Hall–Kier alpha value is -3.44. The Labute approximate surface area is 239 Å². The molecule has 1 amide bonds. The first-order valence-electron chi connectivity index (χ1n) is 14.6. The van der Waals surface area contributed by atoms with Crippen LogP contribution in [0, 0.1) is 11.8 Å². The molecule has 0 unspecified atom stereocenters. The van der Waals surface area contributed by atoms with Crippen LogP contribution in [0.25, 0.3) is 10.8 Å². The van der Waals surface area contributed by atoms with E-state index in [1.165, 1.54) is 16.3 Å². The zero-order valence-corrected chi connectivity index (χ0v) is 24.2. The van der Waals surface area contributed by atoms with Crippen molar-refractivity contribution in [3.8, 4) is 0 Å². The van der Waals surface area contributed by atoms with Crippen molar-refractivity contribution in [3.63, 3.8) is 0 Å². The first kappa shape index (κ1) is 29.5. The third-order valence-electron chi connectivity index (χ3n) is 8.84. The highest BCUT2D eigenvalue weighted by Gasteiger charge is 2.45. The van der Waals surface area contributed by atoms with Crippen LogP contribution in [-0.4, -0.2) is 30.1 Å². The van der Waals surface area contributed by atoms with Crippen molar-refractivity contribution in [2.75, 3.05) is 6.54 Å². The normalized spacial score (nSPS) is 20.9. The van der Waals surface area contributed by atoms with Gasteiger partial charge in [0.1, 0.15) is 6.10 Å². The van der Waals surface area contributed by atoms with Gasteiger partial charge in [0.2, 0.25) is 0 Å². The largest absolute Gasteiger partial charge is 0.460 e. The molecular formula is C35H44N2O3. The number of esters is 1. The number of hydrogen-bond acceptors (Lipinski definition) is 4. The van der Waals surface area contributed by atoms with Crippen molar-refractivity contribution in [1.82, 2.24) is 5.32 Å². The monoisotopic (exact) mass is 540 g/mol. The lowest BCUT2D eigenvalue weighted by Crippen LogP contribution is -2.56. The first-order valence-corrected chi connectivity index (χ1v) is 14.6. The van der Waals surface area contributed by atoms with E-state index in [0.717, 1.165) is 25.7 Å². The molecule has 3 N–H and O–H groups in total. The molecule has 5 nitrogen and oxygen atoms in total.